The number of nitrogens with zero attached hydrogens (tertiary/aromatic N) is 1. The Hall–Kier alpha value is -1.81. The highest BCUT2D eigenvalue weighted by atomic mass is 79.9. The zero-order valence-electron chi connectivity index (χ0n) is 11.3. The molecule has 0 spiro atoms. The topological polar surface area (TPSA) is 52.8 Å². The minimum Gasteiger partial charge on any atom is -0.507 e. The van der Waals surface area contributed by atoms with Gasteiger partial charge in [0.1, 0.15) is 17.2 Å². The van der Waals surface area contributed by atoms with E-state index < -0.39 is 0 Å². The second kappa shape index (κ2) is 6.09. The van der Waals surface area contributed by atoms with E-state index in [1.807, 2.05) is 12.1 Å². The predicted octanol–water partition coefficient (Wildman–Crippen LogP) is 4.73. The molecule has 2 aromatic rings. The summed E-state index contributed by atoms with van der Waals surface area (Å²) in [5.74, 6) is 0.639. The molecule has 0 unspecified atom stereocenters. The van der Waals surface area contributed by atoms with Gasteiger partial charge in [0.15, 0.2) is 0 Å². The average Bonchev–Trinajstić information content (AvgIpc) is 2.41. The zero-order valence-corrected chi connectivity index (χ0v) is 12.9. The first-order chi connectivity index (χ1) is 9.47. The third-order valence-electron chi connectivity index (χ3n) is 3.00. The zero-order chi connectivity index (χ0) is 14.7. The Bertz CT molecular complexity index is 651. The molecule has 0 radical (unpaired) electrons. The van der Waals surface area contributed by atoms with Crippen molar-refractivity contribution in [3.8, 4) is 11.5 Å². The molecule has 0 fully saturated rings. The van der Waals surface area contributed by atoms with E-state index in [0.29, 0.717) is 17.2 Å². The molecule has 0 aliphatic heterocycles. The van der Waals surface area contributed by atoms with Crippen LogP contribution in [-0.2, 0) is 0 Å². The van der Waals surface area contributed by atoms with Gasteiger partial charge >= 0.3 is 0 Å². The lowest BCUT2D eigenvalue weighted by Crippen LogP contribution is -1.87. The van der Waals surface area contributed by atoms with Crippen molar-refractivity contribution in [3.05, 3.63) is 52.0 Å². The summed E-state index contributed by atoms with van der Waals surface area (Å²) in [6.45, 7) is 4.17. The minimum absolute atomic E-state index is 0.125. The number of phenols is 2. The van der Waals surface area contributed by atoms with Crippen LogP contribution in [0.2, 0.25) is 0 Å². The van der Waals surface area contributed by atoms with E-state index in [0.717, 1.165) is 10.0 Å². The Morgan fingerprint density at radius 2 is 1.75 bits per heavy atom. The summed E-state index contributed by atoms with van der Waals surface area (Å²) < 4.78 is 0.858. The molecular weight excluding hydrogens is 318 g/mol. The van der Waals surface area contributed by atoms with E-state index in [9.17, 15) is 10.2 Å². The van der Waals surface area contributed by atoms with Crippen molar-refractivity contribution in [1.29, 1.82) is 0 Å². The fourth-order valence-electron chi connectivity index (χ4n) is 1.77. The molecule has 104 valence electrons. The monoisotopic (exact) mass is 333 g/mol. The number of hydrogen-bond acceptors (Lipinski definition) is 3. The summed E-state index contributed by atoms with van der Waals surface area (Å²) in [7, 11) is 0. The number of aliphatic imine (C=N–C) groups is 1. The summed E-state index contributed by atoms with van der Waals surface area (Å²) in [4.78, 5) is 4.27. The molecular formula is C16H16BrNO2. The number of hydrogen-bond donors (Lipinski definition) is 2. The first-order valence-electron chi connectivity index (χ1n) is 6.33. The van der Waals surface area contributed by atoms with Gasteiger partial charge in [0.05, 0.1) is 0 Å². The number of benzene rings is 2. The highest BCUT2D eigenvalue weighted by molar-refractivity contribution is 9.10. The van der Waals surface area contributed by atoms with Crippen molar-refractivity contribution < 1.29 is 10.2 Å². The lowest BCUT2D eigenvalue weighted by atomic mass is 10.0. The van der Waals surface area contributed by atoms with Crippen LogP contribution in [0.5, 0.6) is 11.5 Å². The van der Waals surface area contributed by atoms with Gasteiger partial charge < -0.3 is 10.2 Å². The van der Waals surface area contributed by atoms with Gasteiger partial charge in [0.2, 0.25) is 0 Å². The summed E-state index contributed by atoms with van der Waals surface area (Å²) in [5.41, 5.74) is 2.19. The van der Waals surface area contributed by atoms with Gasteiger partial charge in [0.25, 0.3) is 0 Å². The standard InChI is InChI=1S/C16H16BrNO2/c1-10(2)11-3-5-16(20)14(8-11)18-9-12-7-13(17)4-6-15(12)19/h3-10,19-20H,1-2H3. The molecule has 0 aliphatic rings. The van der Waals surface area contributed by atoms with Crippen LogP contribution in [0, 0.1) is 0 Å². The maximum absolute atomic E-state index is 9.83. The Morgan fingerprint density at radius 3 is 2.45 bits per heavy atom. The van der Waals surface area contributed by atoms with Crippen molar-refractivity contribution in [2.45, 2.75) is 19.8 Å². The van der Waals surface area contributed by atoms with E-state index in [2.05, 4.69) is 34.8 Å². The van der Waals surface area contributed by atoms with Gasteiger partial charge in [-0.1, -0.05) is 35.8 Å². The lowest BCUT2D eigenvalue weighted by molar-refractivity contribution is 0.473. The number of aromatic hydroxyl groups is 2. The van der Waals surface area contributed by atoms with Crippen LogP contribution in [0.4, 0.5) is 5.69 Å². The Balaban J connectivity index is 2.35. The quantitative estimate of drug-likeness (QED) is 0.797. The normalized spacial score (nSPS) is 11.4. The number of rotatable bonds is 3. The second-order valence-electron chi connectivity index (χ2n) is 4.86. The number of phenolic OH excluding ortho intramolecular Hbond substituents is 2. The molecule has 0 amide bonds. The molecule has 2 aromatic carbocycles. The maximum atomic E-state index is 9.83. The van der Waals surface area contributed by atoms with Crippen LogP contribution >= 0.6 is 15.9 Å². The molecule has 0 bridgehead atoms. The SMILES string of the molecule is CC(C)c1ccc(O)c(N=Cc2cc(Br)ccc2O)c1. The van der Waals surface area contributed by atoms with Gasteiger partial charge in [-0.2, -0.15) is 0 Å². The first-order valence-corrected chi connectivity index (χ1v) is 7.12. The fourth-order valence-corrected chi connectivity index (χ4v) is 2.15. The predicted molar refractivity (Wildman–Crippen MR) is 85.3 cm³/mol. The van der Waals surface area contributed by atoms with Crippen molar-refractivity contribution in [1.82, 2.24) is 0 Å². The van der Waals surface area contributed by atoms with Crippen molar-refractivity contribution in [3.63, 3.8) is 0 Å². The van der Waals surface area contributed by atoms with Gasteiger partial charge in [-0.05, 0) is 41.8 Å². The van der Waals surface area contributed by atoms with Crippen LogP contribution in [0.3, 0.4) is 0 Å². The summed E-state index contributed by atoms with van der Waals surface area (Å²) >= 11 is 3.35. The van der Waals surface area contributed by atoms with E-state index in [-0.39, 0.29) is 11.5 Å². The molecule has 0 heterocycles. The molecule has 4 heteroatoms. The van der Waals surface area contributed by atoms with E-state index in [1.54, 1.807) is 30.5 Å². The molecule has 2 N–H and O–H groups in total. The second-order valence-corrected chi connectivity index (χ2v) is 5.78. The molecule has 0 atom stereocenters. The maximum Gasteiger partial charge on any atom is 0.141 e. The van der Waals surface area contributed by atoms with Crippen LogP contribution in [0.1, 0.15) is 30.9 Å². The van der Waals surface area contributed by atoms with Crippen molar-refractivity contribution in [2.75, 3.05) is 0 Å². The molecule has 0 aliphatic carbocycles. The fraction of sp³-hybridized carbons (Fsp3) is 0.188. The van der Waals surface area contributed by atoms with Crippen LogP contribution in [0.15, 0.2) is 45.9 Å². The lowest BCUT2D eigenvalue weighted by Gasteiger charge is -2.07. The first kappa shape index (κ1) is 14.6. The molecule has 0 saturated heterocycles. The highest BCUT2D eigenvalue weighted by Gasteiger charge is 2.05. The van der Waals surface area contributed by atoms with Crippen LogP contribution in [0.25, 0.3) is 0 Å². The van der Waals surface area contributed by atoms with Crippen LogP contribution in [-0.4, -0.2) is 16.4 Å². The van der Waals surface area contributed by atoms with Gasteiger partial charge in [-0.25, -0.2) is 0 Å². The van der Waals surface area contributed by atoms with E-state index in [1.165, 1.54) is 0 Å². The minimum atomic E-state index is 0.125. The molecule has 20 heavy (non-hydrogen) atoms. The molecule has 0 saturated carbocycles. The van der Waals surface area contributed by atoms with Crippen molar-refractivity contribution in [2.24, 2.45) is 4.99 Å². The molecule has 2 rings (SSSR count). The Labute approximate surface area is 126 Å². The third-order valence-corrected chi connectivity index (χ3v) is 3.49. The van der Waals surface area contributed by atoms with Gasteiger partial charge in [-0.15, -0.1) is 0 Å². The average molecular weight is 334 g/mol. The summed E-state index contributed by atoms with van der Waals surface area (Å²) in [6, 6.07) is 10.5. The largest absolute Gasteiger partial charge is 0.507 e. The van der Waals surface area contributed by atoms with Gasteiger partial charge in [-0.3, -0.25) is 4.99 Å². The van der Waals surface area contributed by atoms with Gasteiger partial charge in [0, 0.05) is 16.3 Å². The van der Waals surface area contributed by atoms with E-state index in [4.69, 9.17) is 0 Å². The molecule has 3 nitrogen and oxygen atoms in total. The summed E-state index contributed by atoms with van der Waals surface area (Å²) in [5, 5.41) is 19.6. The Morgan fingerprint density at radius 1 is 1.05 bits per heavy atom. The Kier molecular flexibility index (Phi) is 4.45. The smallest absolute Gasteiger partial charge is 0.141 e. The third kappa shape index (κ3) is 3.39. The van der Waals surface area contributed by atoms with Crippen molar-refractivity contribution >= 4 is 27.8 Å². The molecule has 0 aromatic heterocycles. The van der Waals surface area contributed by atoms with E-state index >= 15 is 0 Å². The number of halogens is 1. The van der Waals surface area contributed by atoms with Crippen LogP contribution < -0.4 is 0 Å². The summed E-state index contributed by atoms with van der Waals surface area (Å²) in [6.07, 6.45) is 1.54. The highest BCUT2D eigenvalue weighted by Crippen LogP contribution is 2.30.